The maximum absolute atomic E-state index is 13.4. The Kier molecular flexibility index (Phi) is 9.15. The van der Waals surface area contributed by atoms with Crippen LogP contribution in [0, 0.1) is 0 Å². The topological polar surface area (TPSA) is 167 Å². The molecule has 0 aromatic rings. The number of nitrogens with two attached hydrogens (primary N) is 1. The molecule has 36 heavy (non-hydrogen) atoms. The quantitative estimate of drug-likeness (QED) is 0.0406. The van der Waals surface area contributed by atoms with Gasteiger partial charge in [0.2, 0.25) is 0 Å². The Morgan fingerprint density at radius 2 is 1.86 bits per heavy atom. The van der Waals surface area contributed by atoms with Gasteiger partial charge in [0, 0.05) is 0 Å². The third-order valence-electron chi connectivity index (χ3n) is 5.90. The van der Waals surface area contributed by atoms with E-state index in [2.05, 4.69) is 6.58 Å². The van der Waals surface area contributed by atoms with Crippen molar-refractivity contribution in [1.82, 2.24) is 4.90 Å². The van der Waals surface area contributed by atoms with Gasteiger partial charge in [-0.05, 0) is 0 Å². The van der Waals surface area contributed by atoms with Crippen LogP contribution in [-0.2, 0) is 23.9 Å². The molecule has 2 aliphatic rings. The first-order valence-electron chi connectivity index (χ1n) is 10.8. The summed E-state index contributed by atoms with van der Waals surface area (Å²) in [6.07, 6.45) is 5.98. The third kappa shape index (κ3) is 4.97. The van der Waals surface area contributed by atoms with Gasteiger partial charge in [0.1, 0.15) is 0 Å². The van der Waals surface area contributed by atoms with E-state index in [4.69, 9.17) is 10.5 Å². The van der Waals surface area contributed by atoms with Gasteiger partial charge in [-0.3, -0.25) is 0 Å². The van der Waals surface area contributed by atoms with E-state index >= 15 is 0 Å². The van der Waals surface area contributed by atoms with Crippen LogP contribution in [0.15, 0.2) is 58.9 Å². The molecule has 202 valence electrons. The molecule has 0 aromatic carbocycles. The van der Waals surface area contributed by atoms with Gasteiger partial charge < -0.3 is 0 Å². The number of likely N-dealkylation sites (N-methyl/N-ethyl adjacent to an activating group) is 1. The van der Waals surface area contributed by atoms with Gasteiger partial charge in [-0.15, -0.1) is 0 Å². The number of halogens is 2. The summed E-state index contributed by atoms with van der Waals surface area (Å²) in [4.78, 5) is 52.9. The van der Waals surface area contributed by atoms with Gasteiger partial charge >= 0.3 is 220 Å². The minimum absolute atomic E-state index is 0.242. The van der Waals surface area contributed by atoms with Crippen LogP contribution in [0.25, 0.3) is 0 Å². The molecule has 0 fully saturated rings. The molecule has 2 aliphatic heterocycles. The molecule has 12 heteroatoms. The molecule has 0 unspecified atom stereocenters. The summed E-state index contributed by atoms with van der Waals surface area (Å²) in [6, 6.07) is 0. The van der Waals surface area contributed by atoms with Crippen molar-refractivity contribution in [3.63, 3.8) is 0 Å². The Labute approximate surface area is 219 Å². The Bertz CT molecular complexity index is 1150. The molecule has 10 nitrogen and oxygen atoms in total. The van der Waals surface area contributed by atoms with Crippen molar-refractivity contribution in [2.45, 2.75) is 30.9 Å². The Morgan fingerprint density at radius 3 is 2.36 bits per heavy atom. The summed E-state index contributed by atoms with van der Waals surface area (Å²) in [5.74, 6) is -2.37. The van der Waals surface area contributed by atoms with Crippen LogP contribution in [0.4, 0.5) is 0 Å². The fourth-order valence-corrected chi connectivity index (χ4v) is 34.3. The number of esters is 1. The van der Waals surface area contributed by atoms with E-state index in [0.717, 1.165) is 0 Å². The molecule has 0 aromatic heterocycles. The summed E-state index contributed by atoms with van der Waals surface area (Å²) < 4.78 is 12.1. The molecule has 0 bridgehead atoms. The van der Waals surface area contributed by atoms with Crippen molar-refractivity contribution in [3.05, 3.63) is 58.9 Å². The fourth-order valence-electron chi connectivity index (χ4n) is 4.15. The zero-order valence-corrected chi connectivity index (χ0v) is 25.4. The number of ether oxygens (including phenoxy) is 1. The number of rotatable bonds is 9. The molecule has 3 atom stereocenters. The molecule has 0 radical (unpaired) electrons. The fraction of sp³-hybridized carbons (Fsp3) is 0.417. The number of aliphatic hydroxyl groups is 2. The molecule has 0 saturated carbocycles. The second kappa shape index (κ2) is 10.8. The van der Waals surface area contributed by atoms with Crippen molar-refractivity contribution in [1.29, 1.82) is 0 Å². The van der Waals surface area contributed by atoms with E-state index in [-0.39, 0.29) is 10.4 Å². The molecular weight excluding hydrogens is 698 g/mol. The van der Waals surface area contributed by atoms with Crippen molar-refractivity contribution >= 4 is 56.7 Å². The van der Waals surface area contributed by atoms with Crippen LogP contribution in [0.3, 0.4) is 0 Å². The van der Waals surface area contributed by atoms with Crippen LogP contribution >= 0.6 is 37.3 Å². The van der Waals surface area contributed by atoms with Gasteiger partial charge in [-0.2, -0.15) is 0 Å². The molecule has 0 saturated heterocycles. The van der Waals surface area contributed by atoms with Crippen LogP contribution in [0.5, 0.6) is 0 Å². The molecule has 1 amide bonds. The van der Waals surface area contributed by atoms with E-state index in [1.54, 1.807) is 32.9 Å². The first-order valence-corrected chi connectivity index (χ1v) is 21.1. The standard InChI is InChI=1S/C24H34I2N2O8/c1-8-36-17(29)12-10-13(2)9-11-16-14(3)20(31)25(15(16)4)24(34)26(5,35)21(28(6)7)19(30)18(22(26)32)23(27)33/h9-12,15,21,24,30,34-35H,2,8H2,1,3-7H3,(H2,27,33)/b11-9-,12-10+/t15-,21+,24-/m0/s1. The van der Waals surface area contributed by atoms with Gasteiger partial charge in [-0.1, -0.05) is 0 Å². The Balaban J connectivity index is 2.44. The summed E-state index contributed by atoms with van der Waals surface area (Å²) in [5, 5.41) is 22.3. The Hall–Kier alpha value is -1.88. The first-order chi connectivity index (χ1) is 16.5. The number of allylic oxidation sites excluding steroid dienone is 6. The summed E-state index contributed by atoms with van der Waals surface area (Å²) in [5.41, 5.74) is 6.12. The van der Waals surface area contributed by atoms with Crippen molar-refractivity contribution in [3.8, 4) is 0 Å². The molecule has 2 heterocycles. The summed E-state index contributed by atoms with van der Waals surface area (Å²) in [7, 11) is 3.00. The van der Waals surface area contributed by atoms with E-state index in [1.807, 2.05) is 0 Å². The van der Waals surface area contributed by atoms with Crippen LogP contribution in [0.1, 0.15) is 20.8 Å². The van der Waals surface area contributed by atoms with Crippen LogP contribution in [-0.4, -0.2) is 73.7 Å². The van der Waals surface area contributed by atoms with E-state index in [9.17, 15) is 32.8 Å². The van der Waals surface area contributed by atoms with Gasteiger partial charge in [0.05, 0.1) is 0 Å². The summed E-state index contributed by atoms with van der Waals surface area (Å²) >= 11 is -9.09. The number of nitrogens with zero attached hydrogens (tertiary/aromatic N) is 1. The van der Waals surface area contributed by atoms with E-state index in [1.165, 1.54) is 36.1 Å². The van der Waals surface area contributed by atoms with Crippen molar-refractivity contribution in [2.75, 3.05) is 25.6 Å². The van der Waals surface area contributed by atoms with E-state index < -0.39 is 74.4 Å². The number of carbonyl (C=O) groups excluding carboxylic acids is 4. The average molecular weight is 732 g/mol. The number of aliphatic hydroxyl groups excluding tert-OH is 2. The van der Waals surface area contributed by atoms with Crippen LogP contribution in [0.2, 0.25) is 0 Å². The SMILES string of the molecule is C=C(/C=C\C1=C(C)C(=O)I([C@H](O)I2(C)(O)C(=O)C(C(N)=O)=C(O)[C@H]2N(C)C)[C@H]1C)/C=C/C(=O)OCC. The summed E-state index contributed by atoms with van der Waals surface area (Å²) in [6.45, 7) is 9.14. The second-order valence-electron chi connectivity index (χ2n) is 8.70. The minimum atomic E-state index is -5.85. The normalized spacial score (nSPS) is 26.7. The number of carbonyl (C=O) groups is 4. The zero-order valence-electron chi connectivity index (χ0n) is 21.1. The Morgan fingerprint density at radius 1 is 1.28 bits per heavy atom. The second-order valence-corrected chi connectivity index (χ2v) is 28.5. The molecular formula is C24H34I2N2O8. The third-order valence-corrected chi connectivity index (χ3v) is 33.4. The monoisotopic (exact) mass is 732 g/mol. The zero-order chi connectivity index (χ0) is 27.8. The maximum atomic E-state index is 13.4. The van der Waals surface area contributed by atoms with Gasteiger partial charge in [0.25, 0.3) is 0 Å². The average Bonchev–Trinajstić information content (AvgIpc) is 3.08. The number of alkyl halides is 5. The van der Waals surface area contributed by atoms with Crippen molar-refractivity contribution in [2.24, 2.45) is 5.73 Å². The molecule has 0 spiro atoms. The van der Waals surface area contributed by atoms with Crippen molar-refractivity contribution < 1.29 is 37.6 Å². The predicted octanol–water partition coefficient (Wildman–Crippen LogP) is 2.09. The van der Waals surface area contributed by atoms with E-state index in [0.29, 0.717) is 16.7 Å². The number of hydrogen-bond acceptors (Lipinski definition) is 9. The number of amides is 1. The van der Waals surface area contributed by atoms with Gasteiger partial charge in [-0.25, -0.2) is 0 Å². The predicted molar refractivity (Wildman–Crippen MR) is 155 cm³/mol. The molecule has 0 aliphatic carbocycles. The molecule has 2 rings (SSSR count). The number of primary amides is 1. The van der Waals surface area contributed by atoms with Crippen LogP contribution < -0.4 is 5.73 Å². The number of hydrogen-bond donors (Lipinski definition) is 4. The first kappa shape index (κ1) is 30.3. The molecule has 5 N–H and O–H groups in total. The van der Waals surface area contributed by atoms with Gasteiger partial charge in [0.15, 0.2) is 0 Å².